The van der Waals surface area contributed by atoms with Crippen molar-refractivity contribution in [2.75, 3.05) is 32.8 Å². The van der Waals surface area contributed by atoms with E-state index in [0.29, 0.717) is 37.7 Å². The number of carbonyl (C=O) groups is 1. The van der Waals surface area contributed by atoms with Gasteiger partial charge in [0.15, 0.2) is 17.5 Å². The van der Waals surface area contributed by atoms with E-state index >= 15 is 0 Å². The van der Waals surface area contributed by atoms with E-state index < -0.39 is 11.6 Å². The van der Waals surface area contributed by atoms with Gasteiger partial charge in [0, 0.05) is 24.7 Å². The van der Waals surface area contributed by atoms with E-state index in [9.17, 15) is 18.7 Å². The standard InChI is InChI=1S/C20H24F2N4O3.HI/c1-2-23-20(26-11-12-29-18-8-5-15(21)13-17(18)22)25-10-9-24-19(28)14-3-6-16(27)7-4-14;/h3-8,13,27H,2,9-12H2,1H3,(H,24,28)(H2,23,25,26);1H. The molecule has 0 fully saturated rings. The fourth-order valence-electron chi connectivity index (χ4n) is 2.32. The van der Waals surface area contributed by atoms with Crippen LogP contribution in [0, 0.1) is 11.6 Å². The zero-order valence-electron chi connectivity index (χ0n) is 16.5. The van der Waals surface area contributed by atoms with E-state index in [1.165, 1.54) is 30.3 Å². The number of aromatic hydroxyl groups is 1. The van der Waals surface area contributed by atoms with Crippen molar-refractivity contribution in [2.45, 2.75) is 6.92 Å². The summed E-state index contributed by atoms with van der Waals surface area (Å²) in [4.78, 5) is 16.3. The molecule has 2 rings (SSSR count). The van der Waals surface area contributed by atoms with Gasteiger partial charge in [-0.1, -0.05) is 0 Å². The summed E-state index contributed by atoms with van der Waals surface area (Å²) in [7, 11) is 0. The number of carbonyl (C=O) groups excluding carboxylic acids is 1. The fourth-order valence-corrected chi connectivity index (χ4v) is 2.32. The molecule has 0 heterocycles. The maximum atomic E-state index is 13.5. The molecule has 0 saturated carbocycles. The summed E-state index contributed by atoms with van der Waals surface area (Å²) in [5.74, 6) is -1.07. The number of amides is 1. The number of halogens is 3. The number of phenols is 1. The van der Waals surface area contributed by atoms with Crippen molar-refractivity contribution in [1.29, 1.82) is 0 Å². The quantitative estimate of drug-likeness (QED) is 0.172. The Hall–Kier alpha value is -2.63. The van der Waals surface area contributed by atoms with E-state index in [-0.39, 0.29) is 48.0 Å². The lowest BCUT2D eigenvalue weighted by molar-refractivity contribution is 0.0955. The summed E-state index contributed by atoms with van der Waals surface area (Å²) >= 11 is 0. The molecule has 2 aromatic rings. The number of guanidine groups is 1. The monoisotopic (exact) mass is 534 g/mol. The van der Waals surface area contributed by atoms with Crippen LogP contribution in [0.3, 0.4) is 0 Å². The molecular weight excluding hydrogens is 509 g/mol. The van der Waals surface area contributed by atoms with Gasteiger partial charge in [0.25, 0.3) is 5.91 Å². The topological polar surface area (TPSA) is 95.0 Å². The summed E-state index contributed by atoms with van der Waals surface area (Å²) in [5.41, 5.74) is 0.446. The number of ether oxygens (including phenoxy) is 1. The molecule has 0 atom stereocenters. The van der Waals surface area contributed by atoms with E-state index in [0.717, 1.165) is 12.1 Å². The molecule has 0 aliphatic carbocycles. The predicted molar refractivity (Wildman–Crippen MR) is 122 cm³/mol. The minimum Gasteiger partial charge on any atom is -0.508 e. The Morgan fingerprint density at radius 2 is 1.80 bits per heavy atom. The maximum absolute atomic E-state index is 13.5. The first-order valence-electron chi connectivity index (χ1n) is 9.17. The smallest absolute Gasteiger partial charge is 0.251 e. The average Bonchev–Trinajstić information content (AvgIpc) is 2.70. The van der Waals surface area contributed by atoms with Gasteiger partial charge in [0.1, 0.15) is 18.2 Å². The number of aliphatic imine (C=N–C) groups is 1. The van der Waals surface area contributed by atoms with Crippen molar-refractivity contribution in [3.8, 4) is 11.5 Å². The molecule has 30 heavy (non-hydrogen) atoms. The van der Waals surface area contributed by atoms with Gasteiger partial charge < -0.3 is 25.8 Å². The SMILES string of the molecule is CCNC(=NCCNC(=O)c1ccc(O)cc1)NCCOc1ccc(F)cc1F.I. The van der Waals surface area contributed by atoms with Crippen LogP contribution >= 0.6 is 24.0 Å². The first-order valence-corrected chi connectivity index (χ1v) is 9.17. The number of benzene rings is 2. The Bertz CT molecular complexity index is 835. The summed E-state index contributed by atoms with van der Waals surface area (Å²) in [6.07, 6.45) is 0. The van der Waals surface area contributed by atoms with Gasteiger partial charge >= 0.3 is 0 Å². The third-order valence-electron chi connectivity index (χ3n) is 3.69. The largest absolute Gasteiger partial charge is 0.508 e. The molecule has 0 bridgehead atoms. The fraction of sp³-hybridized carbons (Fsp3) is 0.300. The average molecular weight is 534 g/mol. The lowest BCUT2D eigenvalue weighted by atomic mass is 10.2. The second-order valence-electron chi connectivity index (χ2n) is 5.91. The van der Waals surface area contributed by atoms with Crippen LogP contribution in [0.15, 0.2) is 47.5 Å². The molecular formula is C20H25F2IN4O3. The molecule has 0 spiro atoms. The van der Waals surface area contributed by atoms with Gasteiger partial charge in [0.05, 0.1) is 13.1 Å². The van der Waals surface area contributed by atoms with Gasteiger partial charge in [-0.05, 0) is 43.3 Å². The first-order chi connectivity index (χ1) is 14.0. The van der Waals surface area contributed by atoms with Gasteiger partial charge in [-0.25, -0.2) is 8.78 Å². The van der Waals surface area contributed by atoms with Crippen molar-refractivity contribution in [1.82, 2.24) is 16.0 Å². The number of nitrogens with one attached hydrogen (secondary N) is 3. The lowest BCUT2D eigenvalue weighted by Gasteiger charge is -2.12. The second-order valence-corrected chi connectivity index (χ2v) is 5.91. The highest BCUT2D eigenvalue weighted by Crippen LogP contribution is 2.17. The zero-order valence-corrected chi connectivity index (χ0v) is 18.8. The Morgan fingerprint density at radius 3 is 2.47 bits per heavy atom. The normalized spacial score (nSPS) is 10.7. The molecule has 0 aromatic heterocycles. The number of hydrogen-bond donors (Lipinski definition) is 4. The molecule has 7 nitrogen and oxygen atoms in total. The number of phenolic OH excluding ortho intramolecular Hbond substituents is 1. The van der Waals surface area contributed by atoms with Crippen LogP contribution in [0.5, 0.6) is 11.5 Å². The molecule has 10 heteroatoms. The van der Waals surface area contributed by atoms with E-state index in [4.69, 9.17) is 4.74 Å². The number of hydrogen-bond acceptors (Lipinski definition) is 4. The molecule has 0 aliphatic heterocycles. The highest BCUT2D eigenvalue weighted by Gasteiger charge is 2.06. The molecule has 0 unspecified atom stereocenters. The van der Waals surface area contributed by atoms with Crippen molar-refractivity contribution in [3.63, 3.8) is 0 Å². The molecule has 0 aliphatic rings. The van der Waals surface area contributed by atoms with Crippen molar-refractivity contribution >= 4 is 35.8 Å². The molecule has 2 aromatic carbocycles. The second kappa shape index (κ2) is 13.6. The molecule has 1 amide bonds. The maximum Gasteiger partial charge on any atom is 0.251 e. The molecule has 0 radical (unpaired) electrons. The summed E-state index contributed by atoms with van der Waals surface area (Å²) < 4.78 is 31.6. The van der Waals surface area contributed by atoms with Crippen molar-refractivity contribution in [3.05, 3.63) is 59.7 Å². The van der Waals surface area contributed by atoms with Gasteiger partial charge in [-0.15, -0.1) is 24.0 Å². The van der Waals surface area contributed by atoms with Crippen molar-refractivity contribution in [2.24, 2.45) is 4.99 Å². The predicted octanol–water partition coefficient (Wildman–Crippen LogP) is 2.65. The Balaban J connectivity index is 0.00000450. The van der Waals surface area contributed by atoms with Crippen LogP contribution in [0.2, 0.25) is 0 Å². The van der Waals surface area contributed by atoms with E-state index in [1.807, 2.05) is 6.92 Å². The van der Waals surface area contributed by atoms with Crippen LogP contribution in [0.25, 0.3) is 0 Å². The van der Waals surface area contributed by atoms with Crippen LogP contribution in [0.1, 0.15) is 17.3 Å². The minimum atomic E-state index is -0.755. The Morgan fingerprint density at radius 1 is 1.07 bits per heavy atom. The molecule has 4 N–H and O–H groups in total. The first kappa shape index (κ1) is 25.4. The summed E-state index contributed by atoms with van der Waals surface area (Å²) in [6, 6.07) is 9.08. The van der Waals surface area contributed by atoms with Crippen LogP contribution in [-0.4, -0.2) is 49.8 Å². The van der Waals surface area contributed by atoms with Crippen LogP contribution in [-0.2, 0) is 0 Å². The third-order valence-corrected chi connectivity index (χ3v) is 3.69. The van der Waals surface area contributed by atoms with E-state index in [2.05, 4.69) is 20.9 Å². The van der Waals surface area contributed by atoms with Gasteiger partial charge in [-0.3, -0.25) is 9.79 Å². The van der Waals surface area contributed by atoms with Crippen LogP contribution in [0.4, 0.5) is 8.78 Å². The highest BCUT2D eigenvalue weighted by molar-refractivity contribution is 14.0. The molecule has 0 saturated heterocycles. The highest BCUT2D eigenvalue weighted by atomic mass is 127. The minimum absolute atomic E-state index is 0. The Labute approximate surface area is 190 Å². The van der Waals surface area contributed by atoms with E-state index in [1.54, 1.807) is 0 Å². The van der Waals surface area contributed by atoms with Gasteiger partial charge in [-0.2, -0.15) is 0 Å². The van der Waals surface area contributed by atoms with Gasteiger partial charge in [0.2, 0.25) is 0 Å². The van der Waals surface area contributed by atoms with Crippen LogP contribution < -0.4 is 20.7 Å². The third kappa shape index (κ3) is 8.80. The summed E-state index contributed by atoms with van der Waals surface area (Å²) in [6.45, 7) is 3.72. The summed E-state index contributed by atoms with van der Waals surface area (Å²) in [5, 5.41) is 18.0. The number of rotatable bonds is 9. The zero-order chi connectivity index (χ0) is 21.1. The Kier molecular flexibility index (Phi) is 11.5. The van der Waals surface area contributed by atoms with Crippen molar-refractivity contribution < 1.29 is 23.4 Å². The lowest BCUT2D eigenvalue weighted by Crippen LogP contribution is -2.40. The number of nitrogens with zero attached hydrogens (tertiary/aromatic N) is 1. The molecule has 164 valence electrons.